The van der Waals surface area contributed by atoms with Gasteiger partial charge in [-0.3, -0.25) is 14.5 Å². The number of aromatic nitrogens is 1. The Morgan fingerprint density at radius 3 is 2.85 bits per heavy atom. The molecule has 0 bridgehead atoms. The van der Waals surface area contributed by atoms with Crippen molar-refractivity contribution in [1.82, 2.24) is 20.1 Å². The van der Waals surface area contributed by atoms with Crippen LogP contribution in [0.2, 0.25) is 0 Å². The number of anilines is 1. The molecule has 2 saturated heterocycles. The summed E-state index contributed by atoms with van der Waals surface area (Å²) in [5.74, 6) is 0.464. The van der Waals surface area contributed by atoms with Gasteiger partial charge in [-0.2, -0.15) is 0 Å². The molecule has 0 aliphatic carbocycles. The standard InChI is InChI=1S/C18H25N5O3/c1-18(2)16(25)23(17(26)21-18)11-15(24)22-8-4-5-13(10-22)12-6-7-20-14(9-12)19-3/h6-7,9,13H,4-5,8,10-11H2,1-3H3,(H,19,20)(H,21,26)/t13-/m0/s1. The lowest BCUT2D eigenvalue weighted by Gasteiger charge is -2.33. The Labute approximate surface area is 152 Å². The molecule has 0 unspecified atom stereocenters. The maximum atomic E-state index is 12.7. The molecule has 2 aliphatic heterocycles. The first-order valence-corrected chi connectivity index (χ1v) is 8.87. The molecule has 0 spiro atoms. The summed E-state index contributed by atoms with van der Waals surface area (Å²) in [5, 5.41) is 5.63. The lowest BCUT2D eigenvalue weighted by molar-refractivity contribution is -0.139. The molecular weight excluding hydrogens is 334 g/mol. The van der Waals surface area contributed by atoms with E-state index in [1.54, 1.807) is 24.9 Å². The SMILES string of the molecule is CNc1cc([C@H]2CCCN(C(=O)CN3C(=O)NC(C)(C)C3=O)C2)ccn1. The molecule has 3 heterocycles. The number of imide groups is 1. The van der Waals surface area contributed by atoms with Gasteiger partial charge in [0.2, 0.25) is 5.91 Å². The average molecular weight is 359 g/mol. The molecule has 2 N–H and O–H groups in total. The van der Waals surface area contributed by atoms with Crippen molar-refractivity contribution in [2.24, 2.45) is 0 Å². The normalized spacial score (nSPS) is 22.3. The van der Waals surface area contributed by atoms with Crippen molar-refractivity contribution in [1.29, 1.82) is 0 Å². The third-order valence-electron chi connectivity index (χ3n) is 5.02. The number of likely N-dealkylation sites (tertiary alicyclic amines) is 1. The summed E-state index contributed by atoms with van der Waals surface area (Å²) in [6.45, 7) is 4.29. The summed E-state index contributed by atoms with van der Waals surface area (Å²) in [4.78, 5) is 43.9. The summed E-state index contributed by atoms with van der Waals surface area (Å²) in [6, 6.07) is 3.47. The van der Waals surface area contributed by atoms with E-state index in [9.17, 15) is 14.4 Å². The fourth-order valence-corrected chi connectivity index (χ4v) is 3.51. The maximum absolute atomic E-state index is 12.7. The van der Waals surface area contributed by atoms with Crippen LogP contribution in [0.25, 0.3) is 0 Å². The molecular formula is C18H25N5O3. The van der Waals surface area contributed by atoms with Crippen LogP contribution < -0.4 is 10.6 Å². The highest BCUT2D eigenvalue weighted by atomic mass is 16.2. The van der Waals surface area contributed by atoms with Gasteiger partial charge in [0.15, 0.2) is 0 Å². The summed E-state index contributed by atoms with van der Waals surface area (Å²) < 4.78 is 0. The van der Waals surface area contributed by atoms with Crippen LogP contribution in [0.1, 0.15) is 38.2 Å². The van der Waals surface area contributed by atoms with Crippen LogP contribution in [0.15, 0.2) is 18.3 Å². The zero-order valence-corrected chi connectivity index (χ0v) is 15.4. The first-order valence-electron chi connectivity index (χ1n) is 8.87. The quantitative estimate of drug-likeness (QED) is 0.787. The van der Waals surface area contributed by atoms with E-state index in [2.05, 4.69) is 15.6 Å². The Balaban J connectivity index is 1.67. The maximum Gasteiger partial charge on any atom is 0.325 e. The van der Waals surface area contributed by atoms with E-state index in [0.29, 0.717) is 13.1 Å². The van der Waals surface area contributed by atoms with Crippen LogP contribution in [0.4, 0.5) is 10.6 Å². The highest BCUT2D eigenvalue weighted by molar-refractivity contribution is 6.08. The van der Waals surface area contributed by atoms with Crippen LogP contribution in [-0.2, 0) is 9.59 Å². The molecule has 3 rings (SSSR count). The summed E-state index contributed by atoms with van der Waals surface area (Å²) in [5.41, 5.74) is 0.181. The summed E-state index contributed by atoms with van der Waals surface area (Å²) >= 11 is 0. The van der Waals surface area contributed by atoms with Crippen LogP contribution >= 0.6 is 0 Å². The van der Waals surface area contributed by atoms with Crippen molar-refractivity contribution < 1.29 is 14.4 Å². The van der Waals surface area contributed by atoms with Crippen LogP contribution in [-0.4, -0.2) is 64.9 Å². The number of hydrogen-bond donors (Lipinski definition) is 2. The van der Waals surface area contributed by atoms with Gasteiger partial charge in [-0.1, -0.05) is 0 Å². The summed E-state index contributed by atoms with van der Waals surface area (Å²) in [7, 11) is 1.82. The van der Waals surface area contributed by atoms with Crippen LogP contribution in [0, 0.1) is 0 Å². The fourth-order valence-electron chi connectivity index (χ4n) is 3.51. The molecule has 0 radical (unpaired) electrons. The van der Waals surface area contributed by atoms with Gasteiger partial charge in [0.1, 0.15) is 17.9 Å². The highest BCUT2D eigenvalue weighted by Crippen LogP contribution is 2.28. The molecule has 140 valence electrons. The van der Waals surface area contributed by atoms with E-state index >= 15 is 0 Å². The number of amides is 4. The lowest BCUT2D eigenvalue weighted by atomic mass is 9.91. The number of carbonyl (C=O) groups is 3. The number of urea groups is 1. The minimum Gasteiger partial charge on any atom is -0.373 e. The first-order chi connectivity index (χ1) is 12.3. The zero-order chi connectivity index (χ0) is 18.9. The molecule has 2 aliphatic rings. The van der Waals surface area contributed by atoms with Gasteiger partial charge >= 0.3 is 6.03 Å². The number of pyridine rings is 1. The van der Waals surface area contributed by atoms with Crippen molar-refractivity contribution >= 4 is 23.7 Å². The van der Waals surface area contributed by atoms with Crippen molar-refractivity contribution in [3.8, 4) is 0 Å². The van der Waals surface area contributed by atoms with Crippen molar-refractivity contribution in [3.63, 3.8) is 0 Å². The van der Waals surface area contributed by atoms with Gasteiger partial charge < -0.3 is 15.5 Å². The number of carbonyl (C=O) groups excluding carboxylic acids is 3. The van der Waals surface area contributed by atoms with Gasteiger partial charge in [-0.25, -0.2) is 9.78 Å². The number of piperidine rings is 1. The van der Waals surface area contributed by atoms with E-state index in [4.69, 9.17) is 0 Å². The van der Waals surface area contributed by atoms with Crippen LogP contribution in [0.3, 0.4) is 0 Å². The first kappa shape index (κ1) is 18.2. The highest BCUT2D eigenvalue weighted by Gasteiger charge is 2.45. The van der Waals surface area contributed by atoms with E-state index in [-0.39, 0.29) is 24.3 Å². The second-order valence-corrected chi connectivity index (χ2v) is 7.35. The largest absolute Gasteiger partial charge is 0.373 e. The molecule has 1 aromatic heterocycles. The van der Waals surface area contributed by atoms with Gasteiger partial charge in [-0.05, 0) is 44.4 Å². The van der Waals surface area contributed by atoms with Crippen molar-refractivity contribution in [3.05, 3.63) is 23.9 Å². The summed E-state index contributed by atoms with van der Waals surface area (Å²) in [6.07, 6.45) is 3.64. The smallest absolute Gasteiger partial charge is 0.325 e. The Morgan fingerprint density at radius 2 is 2.19 bits per heavy atom. The molecule has 0 saturated carbocycles. The Morgan fingerprint density at radius 1 is 1.42 bits per heavy atom. The van der Waals surface area contributed by atoms with Gasteiger partial charge in [-0.15, -0.1) is 0 Å². The van der Waals surface area contributed by atoms with E-state index < -0.39 is 11.6 Å². The van der Waals surface area contributed by atoms with E-state index in [1.165, 1.54) is 0 Å². The van der Waals surface area contributed by atoms with Gasteiger partial charge in [0.05, 0.1) is 0 Å². The van der Waals surface area contributed by atoms with E-state index in [0.717, 1.165) is 29.1 Å². The topological polar surface area (TPSA) is 94.6 Å². The van der Waals surface area contributed by atoms with Gasteiger partial charge in [0.25, 0.3) is 5.91 Å². The molecule has 26 heavy (non-hydrogen) atoms. The molecule has 8 nitrogen and oxygen atoms in total. The van der Waals surface area contributed by atoms with E-state index in [1.807, 2.05) is 19.2 Å². The molecule has 2 fully saturated rings. The third-order valence-corrected chi connectivity index (χ3v) is 5.02. The number of rotatable bonds is 4. The molecule has 8 heteroatoms. The average Bonchev–Trinajstić information content (AvgIpc) is 2.83. The molecule has 4 amide bonds. The zero-order valence-electron chi connectivity index (χ0n) is 15.4. The lowest BCUT2D eigenvalue weighted by Crippen LogP contribution is -2.47. The number of nitrogens with one attached hydrogen (secondary N) is 2. The predicted octanol–water partition coefficient (Wildman–Crippen LogP) is 1.16. The minimum absolute atomic E-state index is 0.196. The number of nitrogens with zero attached hydrogens (tertiary/aromatic N) is 3. The number of hydrogen-bond acceptors (Lipinski definition) is 5. The monoisotopic (exact) mass is 359 g/mol. The predicted molar refractivity (Wildman–Crippen MR) is 96.7 cm³/mol. The van der Waals surface area contributed by atoms with Crippen LogP contribution in [0.5, 0.6) is 0 Å². The second-order valence-electron chi connectivity index (χ2n) is 7.35. The van der Waals surface area contributed by atoms with Crippen molar-refractivity contribution in [2.45, 2.75) is 38.1 Å². The second kappa shape index (κ2) is 6.93. The molecule has 0 aromatic carbocycles. The Hall–Kier alpha value is -2.64. The van der Waals surface area contributed by atoms with Gasteiger partial charge in [0, 0.05) is 32.3 Å². The Kier molecular flexibility index (Phi) is 4.84. The van der Waals surface area contributed by atoms with Crippen molar-refractivity contribution in [2.75, 3.05) is 32.0 Å². The fraction of sp³-hybridized carbons (Fsp3) is 0.556. The minimum atomic E-state index is -0.956. The molecule has 1 atom stereocenters. The molecule has 1 aromatic rings. The Bertz CT molecular complexity index is 733. The third kappa shape index (κ3) is 3.49.